The molecule has 0 unspecified atom stereocenters. The van der Waals surface area contributed by atoms with Crippen LogP contribution in [0.25, 0.3) is 0 Å². The van der Waals surface area contributed by atoms with Crippen molar-refractivity contribution in [2.24, 2.45) is 5.92 Å². The molecule has 1 atom stereocenters. The molecule has 0 aromatic carbocycles. The van der Waals surface area contributed by atoms with Crippen LogP contribution in [0.5, 0.6) is 0 Å². The molecule has 1 aliphatic rings. The van der Waals surface area contributed by atoms with Crippen LogP contribution in [-0.4, -0.2) is 18.9 Å². The lowest BCUT2D eigenvalue weighted by molar-refractivity contribution is -0.148. The van der Waals surface area contributed by atoms with Crippen molar-refractivity contribution in [2.75, 3.05) is 7.11 Å². The maximum atomic E-state index is 10.9. The van der Waals surface area contributed by atoms with Gasteiger partial charge >= 0.3 is 5.97 Å². The lowest BCUT2D eigenvalue weighted by Crippen LogP contribution is -2.23. The summed E-state index contributed by atoms with van der Waals surface area (Å²) in [6.45, 7) is 0. The fourth-order valence-electron chi connectivity index (χ4n) is 1.39. The van der Waals surface area contributed by atoms with Gasteiger partial charge in [0.1, 0.15) is 5.78 Å². The zero-order valence-corrected chi connectivity index (χ0v) is 6.63. The summed E-state index contributed by atoms with van der Waals surface area (Å²) in [5, 5.41) is 0. The summed E-state index contributed by atoms with van der Waals surface area (Å²) in [6, 6.07) is 0. The van der Waals surface area contributed by atoms with Crippen molar-refractivity contribution in [3.63, 3.8) is 0 Å². The molecule has 0 aliphatic heterocycles. The van der Waals surface area contributed by atoms with E-state index in [4.69, 9.17) is 0 Å². The van der Waals surface area contributed by atoms with E-state index in [-0.39, 0.29) is 17.7 Å². The number of hydrogen-bond acceptors (Lipinski definition) is 3. The van der Waals surface area contributed by atoms with E-state index < -0.39 is 0 Å². The van der Waals surface area contributed by atoms with E-state index in [2.05, 4.69) is 4.74 Å². The second-order valence-corrected chi connectivity index (χ2v) is 2.86. The van der Waals surface area contributed by atoms with Crippen LogP contribution in [0.4, 0.5) is 0 Å². The Morgan fingerprint density at radius 3 is 2.91 bits per heavy atom. The predicted octanol–water partition coefficient (Wildman–Crippen LogP) is 0.919. The van der Waals surface area contributed by atoms with Crippen molar-refractivity contribution >= 4 is 11.8 Å². The van der Waals surface area contributed by atoms with E-state index in [0.29, 0.717) is 12.8 Å². The number of hydrogen-bond donors (Lipinski definition) is 0. The molecule has 0 spiro atoms. The van der Waals surface area contributed by atoms with Crippen LogP contribution < -0.4 is 0 Å². The van der Waals surface area contributed by atoms with Crippen LogP contribution in [-0.2, 0) is 14.3 Å². The number of esters is 1. The average Bonchev–Trinajstić information content (AvgIpc) is 2.03. The number of ether oxygens (including phenoxy) is 1. The van der Waals surface area contributed by atoms with E-state index in [9.17, 15) is 9.59 Å². The van der Waals surface area contributed by atoms with Crippen LogP contribution in [0, 0.1) is 5.92 Å². The van der Waals surface area contributed by atoms with Gasteiger partial charge < -0.3 is 4.74 Å². The first-order valence-corrected chi connectivity index (χ1v) is 3.83. The van der Waals surface area contributed by atoms with Crippen LogP contribution in [0.15, 0.2) is 0 Å². The third-order valence-corrected chi connectivity index (χ3v) is 2.02. The molecule has 0 bridgehead atoms. The molecule has 0 radical (unpaired) electrons. The summed E-state index contributed by atoms with van der Waals surface area (Å²) in [5.74, 6) is -0.217. The first kappa shape index (κ1) is 8.24. The normalized spacial score (nSPS) is 24.8. The highest BCUT2D eigenvalue weighted by molar-refractivity contribution is 5.85. The van der Waals surface area contributed by atoms with Gasteiger partial charge in [-0.15, -0.1) is 0 Å². The zero-order chi connectivity index (χ0) is 8.27. The highest BCUT2D eigenvalue weighted by atomic mass is 16.5. The van der Waals surface area contributed by atoms with Crippen molar-refractivity contribution in [1.29, 1.82) is 0 Å². The molecule has 3 nitrogen and oxygen atoms in total. The van der Waals surface area contributed by atoms with Gasteiger partial charge in [0.25, 0.3) is 0 Å². The van der Waals surface area contributed by atoms with Crippen molar-refractivity contribution in [2.45, 2.75) is 25.7 Å². The standard InChI is InChI=1S/C8H12O3/c1-11-8(10)6-3-2-4-7(9)5-6/h6H,2-5H2,1H3/t6-/m0/s1. The first-order valence-electron chi connectivity index (χ1n) is 3.83. The first-order chi connectivity index (χ1) is 5.24. The van der Waals surface area contributed by atoms with Gasteiger partial charge in [0.15, 0.2) is 0 Å². The Balaban J connectivity index is 2.45. The Morgan fingerprint density at radius 2 is 2.36 bits per heavy atom. The number of rotatable bonds is 1. The molecule has 0 amide bonds. The molecule has 3 heteroatoms. The Morgan fingerprint density at radius 1 is 1.64 bits per heavy atom. The van der Waals surface area contributed by atoms with E-state index in [1.807, 2.05) is 0 Å². The summed E-state index contributed by atoms with van der Waals surface area (Å²) < 4.78 is 4.55. The smallest absolute Gasteiger partial charge is 0.309 e. The van der Waals surface area contributed by atoms with Gasteiger partial charge in [0.05, 0.1) is 13.0 Å². The molecule has 0 heterocycles. The van der Waals surface area contributed by atoms with Gasteiger partial charge in [-0.25, -0.2) is 0 Å². The minimum atomic E-state index is -0.238. The maximum Gasteiger partial charge on any atom is 0.309 e. The highest BCUT2D eigenvalue weighted by Gasteiger charge is 2.25. The van der Waals surface area contributed by atoms with Crippen molar-refractivity contribution in [3.05, 3.63) is 0 Å². The lowest BCUT2D eigenvalue weighted by atomic mass is 9.88. The Hall–Kier alpha value is -0.860. The fraction of sp³-hybridized carbons (Fsp3) is 0.750. The SMILES string of the molecule is COC(=O)[C@H]1CCCC(=O)C1. The zero-order valence-electron chi connectivity index (χ0n) is 6.63. The molecule has 0 N–H and O–H groups in total. The van der Waals surface area contributed by atoms with E-state index in [0.717, 1.165) is 12.8 Å². The van der Waals surface area contributed by atoms with E-state index in [1.165, 1.54) is 7.11 Å². The second kappa shape index (κ2) is 3.51. The molecule has 1 saturated carbocycles. The molecule has 11 heavy (non-hydrogen) atoms. The molecule has 1 rings (SSSR count). The van der Waals surface area contributed by atoms with Crippen LogP contribution in [0.2, 0.25) is 0 Å². The molecular formula is C8H12O3. The highest BCUT2D eigenvalue weighted by Crippen LogP contribution is 2.21. The molecule has 0 saturated heterocycles. The van der Waals surface area contributed by atoms with Gasteiger partial charge in [-0.2, -0.15) is 0 Å². The van der Waals surface area contributed by atoms with Gasteiger partial charge in [-0.1, -0.05) is 0 Å². The van der Waals surface area contributed by atoms with Crippen LogP contribution in [0.1, 0.15) is 25.7 Å². The number of methoxy groups -OCH3 is 1. The Bertz CT molecular complexity index is 174. The van der Waals surface area contributed by atoms with Gasteiger partial charge in [-0.3, -0.25) is 9.59 Å². The quantitative estimate of drug-likeness (QED) is 0.530. The molecule has 1 aliphatic carbocycles. The average molecular weight is 156 g/mol. The summed E-state index contributed by atoms with van der Waals surface area (Å²) in [5.41, 5.74) is 0. The molecule has 0 aromatic rings. The number of carbonyl (C=O) groups is 2. The van der Waals surface area contributed by atoms with Crippen molar-refractivity contribution < 1.29 is 14.3 Å². The largest absolute Gasteiger partial charge is 0.469 e. The predicted molar refractivity (Wildman–Crippen MR) is 39.0 cm³/mol. The Labute approximate surface area is 65.7 Å². The molecule has 1 fully saturated rings. The maximum absolute atomic E-state index is 10.9. The second-order valence-electron chi connectivity index (χ2n) is 2.86. The molecular weight excluding hydrogens is 144 g/mol. The van der Waals surface area contributed by atoms with Crippen molar-refractivity contribution in [3.8, 4) is 0 Å². The molecule has 0 aromatic heterocycles. The van der Waals surface area contributed by atoms with Gasteiger partial charge in [0, 0.05) is 12.8 Å². The van der Waals surface area contributed by atoms with Crippen LogP contribution in [0.3, 0.4) is 0 Å². The van der Waals surface area contributed by atoms with Gasteiger partial charge in [0.2, 0.25) is 0 Å². The van der Waals surface area contributed by atoms with Gasteiger partial charge in [-0.05, 0) is 12.8 Å². The minimum absolute atomic E-state index is 0.166. The fourth-order valence-corrected chi connectivity index (χ4v) is 1.39. The summed E-state index contributed by atoms with van der Waals surface area (Å²) in [4.78, 5) is 21.8. The number of Topliss-reactive ketones (excluding diaryl/α,β-unsaturated/α-hetero) is 1. The topological polar surface area (TPSA) is 43.4 Å². The summed E-state index contributed by atoms with van der Waals surface area (Å²) >= 11 is 0. The third kappa shape index (κ3) is 2.03. The minimum Gasteiger partial charge on any atom is -0.469 e. The Kier molecular flexibility index (Phi) is 2.63. The van der Waals surface area contributed by atoms with E-state index in [1.54, 1.807) is 0 Å². The van der Waals surface area contributed by atoms with Crippen LogP contribution >= 0.6 is 0 Å². The summed E-state index contributed by atoms with van der Waals surface area (Å²) in [7, 11) is 1.36. The summed E-state index contributed by atoms with van der Waals surface area (Å²) in [6.07, 6.45) is 2.65. The third-order valence-electron chi connectivity index (χ3n) is 2.02. The lowest BCUT2D eigenvalue weighted by Gasteiger charge is -2.17. The number of ketones is 1. The van der Waals surface area contributed by atoms with E-state index >= 15 is 0 Å². The van der Waals surface area contributed by atoms with Crippen molar-refractivity contribution in [1.82, 2.24) is 0 Å². The molecule has 62 valence electrons. The number of carbonyl (C=O) groups excluding carboxylic acids is 2. The monoisotopic (exact) mass is 156 g/mol.